The first-order chi connectivity index (χ1) is 11.0. The van der Waals surface area contributed by atoms with Crippen molar-refractivity contribution in [3.05, 3.63) is 66.2 Å². The number of nitrogens with zero attached hydrogens (tertiary/aromatic N) is 1. The lowest BCUT2D eigenvalue weighted by molar-refractivity contribution is 0.414. The number of benzene rings is 2. The van der Waals surface area contributed by atoms with Crippen LogP contribution in [0.1, 0.15) is 11.1 Å². The maximum absolute atomic E-state index is 13.1. The highest BCUT2D eigenvalue weighted by atomic mass is 32.2. The summed E-state index contributed by atoms with van der Waals surface area (Å²) < 4.78 is 32.8. The Morgan fingerprint density at radius 1 is 1.22 bits per heavy atom. The van der Waals surface area contributed by atoms with Gasteiger partial charge in [-0.3, -0.25) is 4.31 Å². The van der Waals surface area contributed by atoms with E-state index in [1.54, 1.807) is 49.6 Å². The first-order valence-corrected chi connectivity index (χ1v) is 8.82. The molecule has 0 N–H and O–H groups in total. The summed E-state index contributed by atoms with van der Waals surface area (Å²) in [6, 6.07) is 12.1. The molecule has 4 nitrogen and oxygen atoms in total. The molecular weight excluding hydrogens is 310 g/mol. The Balaban J connectivity index is 2.11. The molecular formula is C18H19NO3S. The third-order valence-corrected chi connectivity index (χ3v) is 5.96. The van der Waals surface area contributed by atoms with Crippen molar-refractivity contribution >= 4 is 15.7 Å². The molecule has 0 saturated heterocycles. The van der Waals surface area contributed by atoms with Crippen molar-refractivity contribution in [2.45, 2.75) is 24.3 Å². The van der Waals surface area contributed by atoms with Gasteiger partial charge < -0.3 is 4.74 Å². The van der Waals surface area contributed by atoms with E-state index in [1.807, 2.05) is 13.0 Å². The molecule has 1 aliphatic heterocycles. The molecule has 1 unspecified atom stereocenters. The van der Waals surface area contributed by atoms with Gasteiger partial charge in [-0.2, -0.15) is 0 Å². The molecule has 0 saturated carbocycles. The van der Waals surface area contributed by atoms with Crippen molar-refractivity contribution in [3.63, 3.8) is 0 Å². The molecule has 0 fully saturated rings. The second-order valence-electron chi connectivity index (χ2n) is 5.62. The van der Waals surface area contributed by atoms with Gasteiger partial charge in [-0.15, -0.1) is 6.58 Å². The zero-order valence-corrected chi connectivity index (χ0v) is 14.0. The summed E-state index contributed by atoms with van der Waals surface area (Å²) in [4.78, 5) is 0.290. The van der Waals surface area contributed by atoms with Crippen LogP contribution in [0.5, 0.6) is 5.75 Å². The Morgan fingerprint density at radius 3 is 2.52 bits per heavy atom. The number of sulfonamides is 1. The number of anilines is 1. The summed E-state index contributed by atoms with van der Waals surface area (Å²) >= 11 is 0. The van der Waals surface area contributed by atoms with E-state index in [9.17, 15) is 8.42 Å². The Kier molecular flexibility index (Phi) is 3.90. The van der Waals surface area contributed by atoms with E-state index in [0.29, 0.717) is 17.0 Å². The van der Waals surface area contributed by atoms with Crippen LogP contribution in [0.3, 0.4) is 0 Å². The normalized spacial score (nSPS) is 17.0. The molecule has 120 valence electrons. The average Bonchev–Trinajstić information content (AvgIpc) is 2.93. The number of hydrogen-bond acceptors (Lipinski definition) is 3. The predicted octanol–water partition coefficient (Wildman–Crippen LogP) is 3.31. The van der Waals surface area contributed by atoms with Crippen LogP contribution >= 0.6 is 0 Å². The predicted molar refractivity (Wildman–Crippen MR) is 91.5 cm³/mol. The Hall–Kier alpha value is -2.27. The molecule has 5 heteroatoms. The highest BCUT2D eigenvalue weighted by molar-refractivity contribution is 7.92. The van der Waals surface area contributed by atoms with Gasteiger partial charge in [0.25, 0.3) is 10.0 Å². The fourth-order valence-corrected chi connectivity index (χ4v) is 4.53. The molecule has 0 aromatic heterocycles. The van der Waals surface area contributed by atoms with Crippen LogP contribution in [-0.2, 0) is 16.4 Å². The number of rotatable bonds is 4. The molecule has 0 aliphatic carbocycles. The van der Waals surface area contributed by atoms with Gasteiger partial charge in [0.15, 0.2) is 0 Å². The molecule has 0 radical (unpaired) electrons. The molecule has 0 amide bonds. The zero-order chi connectivity index (χ0) is 16.6. The van der Waals surface area contributed by atoms with Crippen LogP contribution in [0.2, 0.25) is 0 Å². The molecule has 23 heavy (non-hydrogen) atoms. The van der Waals surface area contributed by atoms with Gasteiger partial charge in [-0.25, -0.2) is 8.42 Å². The topological polar surface area (TPSA) is 46.6 Å². The fourth-order valence-electron chi connectivity index (χ4n) is 2.86. The minimum atomic E-state index is -3.63. The number of aryl methyl sites for hydroxylation is 1. The highest BCUT2D eigenvalue weighted by Gasteiger charge is 2.37. The highest BCUT2D eigenvalue weighted by Crippen LogP contribution is 2.39. The molecule has 2 aromatic rings. The van der Waals surface area contributed by atoms with Crippen molar-refractivity contribution in [2.24, 2.45) is 0 Å². The molecule has 1 atom stereocenters. The van der Waals surface area contributed by atoms with Crippen molar-refractivity contribution < 1.29 is 13.2 Å². The van der Waals surface area contributed by atoms with Gasteiger partial charge in [0, 0.05) is 0 Å². The number of methoxy groups -OCH3 is 1. The maximum atomic E-state index is 13.1. The first-order valence-electron chi connectivity index (χ1n) is 7.38. The number of hydrogen-bond donors (Lipinski definition) is 0. The van der Waals surface area contributed by atoms with Crippen molar-refractivity contribution in [1.82, 2.24) is 0 Å². The summed E-state index contributed by atoms with van der Waals surface area (Å²) in [6.45, 7) is 5.73. The minimum Gasteiger partial charge on any atom is -0.497 e. The summed E-state index contributed by atoms with van der Waals surface area (Å²) in [5.74, 6) is 0.723. The SMILES string of the molecule is C=CC1Cc2cc(OC)ccc2N1S(=O)(=O)c1ccc(C)cc1. The van der Waals surface area contributed by atoms with Crippen molar-refractivity contribution in [2.75, 3.05) is 11.4 Å². The van der Waals surface area contributed by atoms with Crippen LogP contribution in [-0.4, -0.2) is 21.6 Å². The lowest BCUT2D eigenvalue weighted by Gasteiger charge is -2.25. The van der Waals surface area contributed by atoms with Crippen LogP contribution in [0, 0.1) is 6.92 Å². The number of fused-ring (bicyclic) bond motifs is 1. The zero-order valence-electron chi connectivity index (χ0n) is 13.2. The van der Waals surface area contributed by atoms with Crippen LogP contribution in [0.15, 0.2) is 60.0 Å². The van der Waals surface area contributed by atoms with E-state index in [1.165, 1.54) is 4.31 Å². The lowest BCUT2D eigenvalue weighted by Crippen LogP contribution is -2.36. The molecule has 2 aromatic carbocycles. The van der Waals surface area contributed by atoms with Gasteiger partial charge in [0.1, 0.15) is 5.75 Å². The Labute approximate surface area is 137 Å². The van der Waals surface area contributed by atoms with Crippen molar-refractivity contribution in [1.29, 1.82) is 0 Å². The van der Waals surface area contributed by atoms with E-state index in [2.05, 4.69) is 6.58 Å². The van der Waals surface area contributed by atoms with Gasteiger partial charge in [-0.1, -0.05) is 23.8 Å². The molecule has 0 spiro atoms. The Morgan fingerprint density at radius 2 is 1.91 bits per heavy atom. The van der Waals surface area contributed by atoms with E-state index in [4.69, 9.17) is 4.74 Å². The molecule has 3 rings (SSSR count). The van der Waals surface area contributed by atoms with Crippen LogP contribution in [0.25, 0.3) is 0 Å². The Bertz CT molecular complexity index is 841. The standard InChI is InChI=1S/C18H19NO3S/c1-4-15-11-14-12-16(22-3)7-10-18(14)19(15)23(20,21)17-8-5-13(2)6-9-17/h4-10,12,15H,1,11H2,2-3H3. The second kappa shape index (κ2) is 5.74. The summed E-state index contributed by atoms with van der Waals surface area (Å²) in [5.41, 5.74) is 2.66. The van der Waals surface area contributed by atoms with E-state index in [0.717, 1.165) is 16.9 Å². The maximum Gasteiger partial charge on any atom is 0.264 e. The molecule has 0 bridgehead atoms. The largest absolute Gasteiger partial charge is 0.497 e. The summed E-state index contributed by atoms with van der Waals surface area (Å²) in [7, 11) is -2.03. The average molecular weight is 329 g/mol. The third-order valence-electron chi connectivity index (χ3n) is 4.10. The quantitative estimate of drug-likeness (QED) is 0.809. The summed E-state index contributed by atoms with van der Waals surface area (Å²) in [6.07, 6.45) is 2.28. The monoisotopic (exact) mass is 329 g/mol. The van der Waals surface area contributed by atoms with E-state index in [-0.39, 0.29) is 6.04 Å². The van der Waals surface area contributed by atoms with E-state index < -0.39 is 10.0 Å². The lowest BCUT2D eigenvalue weighted by atomic mass is 10.1. The third kappa shape index (κ3) is 2.61. The van der Waals surface area contributed by atoms with Gasteiger partial charge in [0.05, 0.1) is 23.7 Å². The van der Waals surface area contributed by atoms with Gasteiger partial charge in [0.2, 0.25) is 0 Å². The van der Waals surface area contributed by atoms with E-state index >= 15 is 0 Å². The van der Waals surface area contributed by atoms with Crippen LogP contribution in [0.4, 0.5) is 5.69 Å². The van der Waals surface area contributed by atoms with Gasteiger partial charge >= 0.3 is 0 Å². The molecule has 1 aliphatic rings. The minimum absolute atomic E-state index is 0.289. The number of ether oxygens (including phenoxy) is 1. The molecule has 1 heterocycles. The second-order valence-corrected chi connectivity index (χ2v) is 7.43. The fraction of sp³-hybridized carbons (Fsp3) is 0.222. The van der Waals surface area contributed by atoms with Crippen molar-refractivity contribution in [3.8, 4) is 5.75 Å². The smallest absolute Gasteiger partial charge is 0.264 e. The van der Waals surface area contributed by atoms with Crippen LogP contribution < -0.4 is 9.04 Å². The first kappa shape index (κ1) is 15.6. The van der Waals surface area contributed by atoms with Gasteiger partial charge in [-0.05, 0) is 49.2 Å². The summed E-state index contributed by atoms with van der Waals surface area (Å²) in [5, 5.41) is 0.